The van der Waals surface area contributed by atoms with Gasteiger partial charge in [0.1, 0.15) is 0 Å². The number of nitrogens with one attached hydrogen (secondary N) is 1. The zero-order chi connectivity index (χ0) is 11.4. The van der Waals surface area contributed by atoms with Crippen LogP contribution in [0.1, 0.15) is 44.5 Å². The summed E-state index contributed by atoms with van der Waals surface area (Å²) in [4.78, 5) is 4.26. The van der Waals surface area contributed by atoms with Crippen LogP contribution in [0.5, 0.6) is 0 Å². The van der Waals surface area contributed by atoms with E-state index in [-0.39, 0.29) is 0 Å². The monoisotopic (exact) mass is 223 g/mol. The lowest BCUT2D eigenvalue weighted by atomic mass is 10.1. The second kappa shape index (κ2) is 5.46. The molecule has 1 fully saturated rings. The molecule has 0 aromatic carbocycles. The third kappa shape index (κ3) is 2.44. The van der Waals surface area contributed by atoms with E-state index in [2.05, 4.69) is 21.8 Å². The van der Waals surface area contributed by atoms with Crippen molar-refractivity contribution >= 4 is 0 Å². The van der Waals surface area contributed by atoms with Gasteiger partial charge in [0.2, 0.25) is 0 Å². The van der Waals surface area contributed by atoms with E-state index in [4.69, 9.17) is 4.74 Å². The van der Waals surface area contributed by atoms with Gasteiger partial charge in [0.15, 0.2) is 0 Å². The van der Waals surface area contributed by atoms with E-state index in [0.717, 1.165) is 19.8 Å². The molecule has 0 bridgehead atoms. The Morgan fingerprint density at radius 1 is 1.69 bits per heavy atom. The van der Waals surface area contributed by atoms with Crippen molar-refractivity contribution in [2.45, 2.75) is 38.8 Å². The minimum atomic E-state index is 0.361. The fourth-order valence-electron chi connectivity index (χ4n) is 2.26. The molecule has 1 aromatic heterocycles. The maximum Gasteiger partial charge on any atom is 0.0952 e. The van der Waals surface area contributed by atoms with Gasteiger partial charge in [-0.25, -0.2) is 4.98 Å². The molecule has 2 atom stereocenters. The first-order valence-corrected chi connectivity index (χ1v) is 6.15. The molecule has 2 heterocycles. The third-order valence-corrected chi connectivity index (χ3v) is 3.15. The molecule has 0 amide bonds. The van der Waals surface area contributed by atoms with E-state index in [0.29, 0.717) is 12.1 Å². The molecular weight excluding hydrogens is 202 g/mol. The van der Waals surface area contributed by atoms with E-state index in [1.807, 2.05) is 19.4 Å². The van der Waals surface area contributed by atoms with Gasteiger partial charge in [-0.15, -0.1) is 0 Å². The zero-order valence-electron chi connectivity index (χ0n) is 10.1. The first-order valence-electron chi connectivity index (χ1n) is 6.15. The molecule has 1 unspecified atom stereocenters. The van der Waals surface area contributed by atoms with Crippen LogP contribution in [0.15, 0.2) is 12.5 Å². The smallest absolute Gasteiger partial charge is 0.0952 e. The Bertz CT molecular complexity index is 318. The zero-order valence-corrected chi connectivity index (χ0v) is 10.1. The van der Waals surface area contributed by atoms with Gasteiger partial charge in [0.05, 0.1) is 24.7 Å². The van der Waals surface area contributed by atoms with Crippen LogP contribution in [0.25, 0.3) is 0 Å². The lowest BCUT2D eigenvalue weighted by molar-refractivity contribution is 0.117. The van der Waals surface area contributed by atoms with Crippen LogP contribution in [0.4, 0.5) is 0 Å². The van der Waals surface area contributed by atoms with Crippen LogP contribution < -0.4 is 5.32 Å². The Hall–Kier alpha value is -0.870. The van der Waals surface area contributed by atoms with Gasteiger partial charge in [-0.2, -0.15) is 0 Å². The molecule has 2 rings (SSSR count). The predicted octanol–water partition coefficient (Wildman–Crippen LogP) is 1.91. The molecule has 4 heteroatoms. The van der Waals surface area contributed by atoms with Crippen LogP contribution >= 0.6 is 0 Å². The van der Waals surface area contributed by atoms with Gasteiger partial charge in [-0.05, 0) is 33.2 Å². The summed E-state index contributed by atoms with van der Waals surface area (Å²) in [6, 6.07) is 0.839. The van der Waals surface area contributed by atoms with Crippen molar-refractivity contribution in [3.05, 3.63) is 18.2 Å². The van der Waals surface area contributed by atoms with Crippen molar-refractivity contribution < 1.29 is 4.74 Å². The molecule has 1 aliphatic rings. The predicted molar refractivity (Wildman–Crippen MR) is 63.4 cm³/mol. The molecule has 0 radical (unpaired) electrons. The molecule has 0 aliphatic carbocycles. The highest BCUT2D eigenvalue weighted by atomic mass is 16.5. The standard InChI is InChI=1S/C12H21N3O/c1-3-16-8-10(2)15-9-13-7-12(15)11-5-4-6-14-11/h7,9-11,14H,3-6,8H2,1-2H3/t10?,11-/m0/s1. The maximum absolute atomic E-state index is 5.47. The topological polar surface area (TPSA) is 39.1 Å². The first-order chi connectivity index (χ1) is 7.83. The Balaban J connectivity index is 2.05. The van der Waals surface area contributed by atoms with Crippen molar-refractivity contribution in [2.24, 2.45) is 0 Å². The number of rotatable bonds is 5. The van der Waals surface area contributed by atoms with Crippen molar-refractivity contribution in [3.63, 3.8) is 0 Å². The van der Waals surface area contributed by atoms with E-state index >= 15 is 0 Å². The summed E-state index contributed by atoms with van der Waals surface area (Å²) < 4.78 is 7.70. The quantitative estimate of drug-likeness (QED) is 0.828. The average Bonchev–Trinajstić information content (AvgIpc) is 2.94. The minimum Gasteiger partial charge on any atom is -0.380 e. The molecule has 16 heavy (non-hydrogen) atoms. The number of aromatic nitrogens is 2. The SMILES string of the molecule is CCOCC(C)n1cncc1[C@@H]1CCCN1. The van der Waals surface area contributed by atoms with E-state index in [1.165, 1.54) is 18.5 Å². The molecule has 1 aromatic rings. The van der Waals surface area contributed by atoms with Crippen molar-refractivity contribution in [1.29, 1.82) is 0 Å². The average molecular weight is 223 g/mol. The van der Waals surface area contributed by atoms with Crippen molar-refractivity contribution in [1.82, 2.24) is 14.9 Å². The fraction of sp³-hybridized carbons (Fsp3) is 0.750. The molecule has 1 saturated heterocycles. The maximum atomic E-state index is 5.47. The molecule has 1 aliphatic heterocycles. The largest absolute Gasteiger partial charge is 0.380 e. The van der Waals surface area contributed by atoms with Crippen LogP contribution in [0, 0.1) is 0 Å². The number of ether oxygens (including phenoxy) is 1. The second-order valence-electron chi connectivity index (χ2n) is 4.38. The van der Waals surface area contributed by atoms with Gasteiger partial charge in [0.25, 0.3) is 0 Å². The highest BCUT2D eigenvalue weighted by Crippen LogP contribution is 2.24. The number of hydrogen-bond donors (Lipinski definition) is 1. The summed E-state index contributed by atoms with van der Waals surface area (Å²) in [5.41, 5.74) is 1.30. The van der Waals surface area contributed by atoms with Gasteiger partial charge in [-0.3, -0.25) is 0 Å². The van der Waals surface area contributed by atoms with E-state index in [1.54, 1.807) is 0 Å². The highest BCUT2D eigenvalue weighted by molar-refractivity contribution is 5.08. The van der Waals surface area contributed by atoms with Crippen molar-refractivity contribution in [2.75, 3.05) is 19.8 Å². The van der Waals surface area contributed by atoms with Gasteiger partial charge in [0, 0.05) is 18.8 Å². The molecule has 0 spiro atoms. The van der Waals surface area contributed by atoms with Gasteiger partial charge in [-0.1, -0.05) is 0 Å². The van der Waals surface area contributed by atoms with Crippen LogP contribution in [0.3, 0.4) is 0 Å². The number of hydrogen-bond acceptors (Lipinski definition) is 3. The summed E-state index contributed by atoms with van der Waals surface area (Å²) >= 11 is 0. The van der Waals surface area contributed by atoms with Gasteiger partial charge >= 0.3 is 0 Å². The summed E-state index contributed by atoms with van der Waals surface area (Å²) in [7, 11) is 0. The fourth-order valence-corrected chi connectivity index (χ4v) is 2.26. The van der Waals surface area contributed by atoms with E-state index in [9.17, 15) is 0 Å². The number of imidazole rings is 1. The Kier molecular flexibility index (Phi) is 3.96. The van der Waals surface area contributed by atoms with Crippen LogP contribution in [-0.4, -0.2) is 29.3 Å². The molecule has 90 valence electrons. The van der Waals surface area contributed by atoms with Crippen molar-refractivity contribution in [3.8, 4) is 0 Å². The normalized spacial score (nSPS) is 22.5. The third-order valence-electron chi connectivity index (χ3n) is 3.15. The highest BCUT2D eigenvalue weighted by Gasteiger charge is 2.21. The van der Waals surface area contributed by atoms with Gasteiger partial charge < -0.3 is 14.6 Å². The molecule has 4 nitrogen and oxygen atoms in total. The lowest BCUT2D eigenvalue weighted by Gasteiger charge is -2.19. The summed E-state index contributed by atoms with van der Waals surface area (Å²) in [5, 5.41) is 3.51. The summed E-state index contributed by atoms with van der Waals surface area (Å²) in [6.07, 6.45) is 6.37. The Morgan fingerprint density at radius 3 is 3.25 bits per heavy atom. The number of nitrogens with zero attached hydrogens (tertiary/aromatic N) is 2. The molecule has 1 N–H and O–H groups in total. The van der Waals surface area contributed by atoms with Crippen LogP contribution in [-0.2, 0) is 4.74 Å². The second-order valence-corrected chi connectivity index (χ2v) is 4.38. The Morgan fingerprint density at radius 2 is 2.56 bits per heavy atom. The summed E-state index contributed by atoms with van der Waals surface area (Å²) in [6.45, 7) is 6.86. The first kappa shape index (κ1) is 11.6. The van der Waals surface area contributed by atoms with E-state index < -0.39 is 0 Å². The minimum absolute atomic E-state index is 0.361. The molecule has 0 saturated carbocycles. The molecular formula is C12H21N3O. The van der Waals surface area contributed by atoms with Crippen LogP contribution in [0.2, 0.25) is 0 Å². The Labute approximate surface area is 97.0 Å². The summed E-state index contributed by atoms with van der Waals surface area (Å²) in [5.74, 6) is 0. The lowest BCUT2D eigenvalue weighted by Crippen LogP contribution is -2.20.